The van der Waals surface area contributed by atoms with E-state index in [0.29, 0.717) is 5.69 Å². The van der Waals surface area contributed by atoms with E-state index in [-0.39, 0.29) is 4.90 Å². The monoisotopic (exact) mass is 401 g/mol. The van der Waals surface area contributed by atoms with Crippen LogP contribution in [0.4, 0.5) is 10.1 Å². The van der Waals surface area contributed by atoms with Crippen LogP contribution in [0.2, 0.25) is 0 Å². The van der Waals surface area contributed by atoms with Crippen LogP contribution >= 0.6 is 0 Å². The maximum atomic E-state index is 13.4. The SMILES string of the molecule is CN(C(=O)Cn1nc(S(=O)(=O)c2cccc(F)c2)ccc1=O)c1ccccc1. The molecule has 0 N–H and O–H groups in total. The maximum absolute atomic E-state index is 13.4. The largest absolute Gasteiger partial charge is 0.314 e. The maximum Gasteiger partial charge on any atom is 0.267 e. The van der Waals surface area contributed by atoms with E-state index in [1.807, 2.05) is 0 Å². The predicted molar refractivity (Wildman–Crippen MR) is 100 cm³/mol. The second kappa shape index (κ2) is 7.73. The van der Waals surface area contributed by atoms with Crippen molar-refractivity contribution in [3.63, 3.8) is 0 Å². The molecule has 0 saturated heterocycles. The van der Waals surface area contributed by atoms with Gasteiger partial charge < -0.3 is 4.90 Å². The van der Waals surface area contributed by atoms with Crippen molar-refractivity contribution < 1.29 is 17.6 Å². The zero-order valence-electron chi connectivity index (χ0n) is 14.8. The summed E-state index contributed by atoms with van der Waals surface area (Å²) in [5, 5.41) is 3.36. The topological polar surface area (TPSA) is 89.3 Å². The Labute approximate surface area is 160 Å². The summed E-state index contributed by atoms with van der Waals surface area (Å²) in [6.07, 6.45) is 0. The fourth-order valence-corrected chi connectivity index (χ4v) is 3.69. The molecule has 0 bridgehead atoms. The number of carbonyl (C=O) groups excluding carboxylic acids is 1. The van der Waals surface area contributed by atoms with Gasteiger partial charge in [0.25, 0.3) is 5.56 Å². The molecule has 144 valence electrons. The molecular formula is C19H16FN3O4S. The minimum absolute atomic E-state index is 0.294. The highest BCUT2D eigenvalue weighted by molar-refractivity contribution is 7.91. The summed E-state index contributed by atoms with van der Waals surface area (Å²) in [6.45, 7) is -0.448. The molecule has 0 unspecified atom stereocenters. The van der Waals surface area contributed by atoms with Crippen molar-refractivity contribution in [2.24, 2.45) is 0 Å². The van der Waals surface area contributed by atoms with Gasteiger partial charge in [-0.3, -0.25) is 9.59 Å². The summed E-state index contributed by atoms with van der Waals surface area (Å²) in [7, 11) is -2.61. The van der Waals surface area contributed by atoms with Crippen molar-refractivity contribution >= 4 is 21.4 Å². The van der Waals surface area contributed by atoms with Gasteiger partial charge >= 0.3 is 0 Å². The molecule has 0 aliphatic carbocycles. The van der Waals surface area contributed by atoms with Crippen molar-refractivity contribution in [2.45, 2.75) is 16.5 Å². The second-order valence-electron chi connectivity index (χ2n) is 5.92. The number of para-hydroxylation sites is 1. The van der Waals surface area contributed by atoms with Gasteiger partial charge in [0.1, 0.15) is 12.4 Å². The molecule has 0 saturated carbocycles. The van der Waals surface area contributed by atoms with Crippen LogP contribution in [0, 0.1) is 5.82 Å². The van der Waals surface area contributed by atoms with E-state index in [4.69, 9.17) is 0 Å². The Kier molecular flexibility index (Phi) is 5.36. The number of hydrogen-bond donors (Lipinski definition) is 0. The molecule has 0 aliphatic rings. The van der Waals surface area contributed by atoms with Gasteiger partial charge in [-0.2, -0.15) is 5.10 Å². The number of benzene rings is 2. The number of halogens is 1. The standard InChI is InChI=1S/C19H16FN3O4S/c1-22(15-7-3-2-4-8-15)19(25)13-23-18(24)11-10-17(21-23)28(26,27)16-9-5-6-14(20)12-16/h2-12H,13H2,1H3. The number of sulfone groups is 1. The van der Waals surface area contributed by atoms with Crippen LogP contribution in [0.25, 0.3) is 0 Å². The van der Waals surface area contributed by atoms with Crippen molar-refractivity contribution in [3.8, 4) is 0 Å². The number of likely N-dealkylation sites (N-methyl/N-ethyl adjacent to an activating group) is 1. The van der Waals surface area contributed by atoms with Gasteiger partial charge in [0, 0.05) is 18.8 Å². The Morgan fingerprint density at radius 2 is 1.79 bits per heavy atom. The summed E-state index contributed by atoms with van der Waals surface area (Å²) in [4.78, 5) is 25.6. The average Bonchev–Trinajstić information content (AvgIpc) is 2.69. The van der Waals surface area contributed by atoms with Crippen molar-refractivity contribution in [1.29, 1.82) is 0 Å². The molecule has 28 heavy (non-hydrogen) atoms. The molecule has 0 radical (unpaired) electrons. The fraction of sp³-hybridized carbons (Fsp3) is 0.105. The van der Waals surface area contributed by atoms with Gasteiger partial charge in [0.15, 0.2) is 5.03 Å². The van der Waals surface area contributed by atoms with E-state index in [9.17, 15) is 22.4 Å². The summed E-state index contributed by atoms with van der Waals surface area (Å²) in [5.41, 5.74) is -0.0166. The molecule has 3 rings (SSSR count). The summed E-state index contributed by atoms with van der Waals surface area (Å²) >= 11 is 0. The first-order valence-corrected chi connectivity index (χ1v) is 9.68. The van der Waals surface area contributed by atoms with E-state index in [1.165, 1.54) is 24.1 Å². The van der Waals surface area contributed by atoms with Crippen molar-refractivity contribution in [2.75, 3.05) is 11.9 Å². The highest BCUT2D eigenvalue weighted by Gasteiger charge is 2.22. The summed E-state index contributed by atoms with van der Waals surface area (Å²) in [6, 6.07) is 15.3. The van der Waals surface area contributed by atoms with Crippen LogP contribution in [-0.2, 0) is 21.2 Å². The van der Waals surface area contributed by atoms with Crippen LogP contribution in [0.5, 0.6) is 0 Å². The van der Waals surface area contributed by atoms with E-state index in [1.54, 1.807) is 30.3 Å². The Balaban J connectivity index is 1.92. The number of amides is 1. The molecule has 9 heteroatoms. The summed E-state index contributed by atoms with van der Waals surface area (Å²) in [5.74, 6) is -1.17. The minimum atomic E-state index is -4.14. The molecule has 1 heterocycles. The van der Waals surface area contributed by atoms with E-state index < -0.39 is 38.7 Å². The van der Waals surface area contributed by atoms with Crippen molar-refractivity contribution in [3.05, 3.63) is 82.9 Å². The molecule has 1 amide bonds. The minimum Gasteiger partial charge on any atom is -0.314 e. The average molecular weight is 401 g/mol. The number of hydrogen-bond acceptors (Lipinski definition) is 5. The lowest BCUT2D eigenvalue weighted by Crippen LogP contribution is -2.35. The van der Waals surface area contributed by atoms with Crippen LogP contribution in [0.15, 0.2) is 81.4 Å². The zero-order chi connectivity index (χ0) is 20.3. The molecule has 2 aromatic carbocycles. The van der Waals surface area contributed by atoms with Gasteiger partial charge in [-0.15, -0.1) is 0 Å². The molecule has 7 nitrogen and oxygen atoms in total. The molecule has 0 fully saturated rings. The number of aromatic nitrogens is 2. The predicted octanol–water partition coefficient (Wildman–Crippen LogP) is 1.88. The molecule has 1 aromatic heterocycles. The quantitative estimate of drug-likeness (QED) is 0.651. The van der Waals surface area contributed by atoms with Crippen LogP contribution in [-0.4, -0.2) is 31.2 Å². The number of carbonyl (C=O) groups is 1. The van der Waals surface area contributed by atoms with E-state index in [2.05, 4.69) is 5.10 Å². The molecule has 0 atom stereocenters. The first-order chi connectivity index (χ1) is 13.3. The lowest BCUT2D eigenvalue weighted by molar-refractivity contribution is -0.119. The fourth-order valence-electron chi connectivity index (χ4n) is 2.47. The van der Waals surface area contributed by atoms with Crippen LogP contribution in [0.1, 0.15) is 0 Å². The lowest BCUT2D eigenvalue weighted by Gasteiger charge is -2.17. The van der Waals surface area contributed by atoms with Gasteiger partial charge in [-0.1, -0.05) is 24.3 Å². The normalized spacial score (nSPS) is 11.2. The molecular weight excluding hydrogens is 385 g/mol. The summed E-state index contributed by atoms with van der Waals surface area (Å²) < 4.78 is 39.5. The van der Waals surface area contributed by atoms with Gasteiger partial charge in [0.05, 0.1) is 4.90 Å². The number of anilines is 1. The molecule has 0 spiro atoms. The van der Waals surface area contributed by atoms with E-state index >= 15 is 0 Å². The van der Waals surface area contributed by atoms with Gasteiger partial charge in [-0.05, 0) is 36.4 Å². The zero-order valence-corrected chi connectivity index (χ0v) is 15.6. The third kappa shape index (κ3) is 3.99. The highest BCUT2D eigenvalue weighted by atomic mass is 32.2. The van der Waals surface area contributed by atoms with Crippen LogP contribution < -0.4 is 10.5 Å². The first-order valence-electron chi connectivity index (χ1n) is 8.19. The highest BCUT2D eigenvalue weighted by Crippen LogP contribution is 2.19. The number of nitrogens with zero attached hydrogens (tertiary/aromatic N) is 3. The Morgan fingerprint density at radius 1 is 1.07 bits per heavy atom. The molecule has 0 aliphatic heterocycles. The van der Waals surface area contributed by atoms with Gasteiger partial charge in [-0.25, -0.2) is 17.5 Å². The van der Waals surface area contributed by atoms with Crippen LogP contribution in [0.3, 0.4) is 0 Å². The van der Waals surface area contributed by atoms with E-state index in [0.717, 1.165) is 28.9 Å². The Bertz CT molecular complexity index is 1180. The smallest absolute Gasteiger partial charge is 0.267 e. The molecule has 3 aromatic rings. The Morgan fingerprint density at radius 3 is 2.46 bits per heavy atom. The Hall–Kier alpha value is -3.33. The number of rotatable bonds is 5. The second-order valence-corrected chi connectivity index (χ2v) is 7.81. The van der Waals surface area contributed by atoms with Crippen molar-refractivity contribution in [1.82, 2.24) is 9.78 Å². The van der Waals surface area contributed by atoms with Gasteiger partial charge in [0.2, 0.25) is 15.7 Å². The third-order valence-electron chi connectivity index (χ3n) is 4.03. The third-order valence-corrected chi connectivity index (χ3v) is 5.67. The first kappa shape index (κ1) is 19.4. The lowest BCUT2D eigenvalue weighted by atomic mass is 10.3.